The van der Waals surface area contributed by atoms with Gasteiger partial charge in [0.15, 0.2) is 0 Å². The van der Waals surface area contributed by atoms with Crippen LogP contribution in [0.5, 0.6) is 0 Å². The van der Waals surface area contributed by atoms with Gasteiger partial charge < -0.3 is 4.57 Å². The second kappa shape index (κ2) is 13.9. The Balaban J connectivity index is 1.00. The molecule has 0 saturated heterocycles. The van der Waals surface area contributed by atoms with E-state index < -0.39 is 0 Å². The Kier molecular flexibility index (Phi) is 8.37. The number of hydrogen-bond donors (Lipinski definition) is 0. The molecule has 9 rings (SSSR count). The molecule has 0 amide bonds. The van der Waals surface area contributed by atoms with Gasteiger partial charge in [-0.2, -0.15) is 0 Å². The third kappa shape index (κ3) is 6.25. The van der Waals surface area contributed by atoms with Crippen LogP contribution in [0, 0.1) is 0 Å². The highest BCUT2D eigenvalue weighted by Gasteiger charge is 2.12. The summed E-state index contributed by atoms with van der Waals surface area (Å²) in [6.07, 6.45) is 3.17. The van der Waals surface area contributed by atoms with Crippen molar-refractivity contribution in [2.75, 3.05) is 0 Å². The van der Waals surface area contributed by atoms with E-state index in [1.807, 2.05) is 0 Å². The molecule has 8 aromatic carbocycles. The summed E-state index contributed by atoms with van der Waals surface area (Å²) in [4.78, 5) is 0. The Morgan fingerprint density at radius 2 is 0.769 bits per heavy atom. The van der Waals surface area contributed by atoms with E-state index in [1.165, 1.54) is 83.1 Å². The van der Waals surface area contributed by atoms with Crippen LogP contribution in [0.2, 0.25) is 0 Å². The number of benzene rings is 8. The smallest absolute Gasteiger partial charge is 0.0541 e. The minimum Gasteiger partial charge on any atom is -0.309 e. The molecule has 0 bridgehead atoms. The van der Waals surface area contributed by atoms with Crippen LogP contribution >= 0.6 is 0 Å². The summed E-state index contributed by atoms with van der Waals surface area (Å²) < 4.78 is 2.37. The summed E-state index contributed by atoms with van der Waals surface area (Å²) in [5.41, 5.74) is 16.0. The van der Waals surface area contributed by atoms with Gasteiger partial charge in [0.1, 0.15) is 0 Å². The molecule has 0 fully saturated rings. The molecule has 0 unspecified atom stereocenters. The van der Waals surface area contributed by atoms with Crippen molar-refractivity contribution in [3.8, 4) is 39.1 Å². The summed E-state index contributed by atoms with van der Waals surface area (Å²) in [7, 11) is 0. The highest BCUT2D eigenvalue weighted by molar-refractivity contribution is 6.09. The first-order chi connectivity index (χ1) is 25.8. The molecule has 1 heterocycles. The van der Waals surface area contributed by atoms with E-state index in [9.17, 15) is 0 Å². The number of para-hydroxylation sites is 2. The molecule has 0 aliphatic rings. The van der Waals surface area contributed by atoms with Crippen molar-refractivity contribution in [1.29, 1.82) is 0 Å². The highest BCUT2D eigenvalue weighted by atomic mass is 15.0. The molecule has 1 nitrogen and oxygen atoms in total. The molecule has 0 N–H and O–H groups in total. The SMILES string of the molecule is C(=C(\Cc1ccc(-c2ccc(-n3c4ccccc4c4ccccc43)cc2)cc1)c1ccc(-c2ccccc2)cc1)/c1ccc(-c2ccccc2)cc1. The van der Waals surface area contributed by atoms with Gasteiger partial charge >= 0.3 is 0 Å². The third-order valence-corrected chi connectivity index (χ3v) is 10.1. The van der Waals surface area contributed by atoms with Crippen LogP contribution in [0.25, 0.3) is 72.5 Å². The van der Waals surface area contributed by atoms with E-state index in [1.54, 1.807) is 0 Å². The minimum absolute atomic E-state index is 0.831. The molecule has 1 heteroatoms. The Bertz CT molecular complexity index is 2570. The lowest BCUT2D eigenvalue weighted by Crippen LogP contribution is -1.94. The molecule has 0 atom stereocenters. The van der Waals surface area contributed by atoms with E-state index in [2.05, 4.69) is 217 Å². The maximum Gasteiger partial charge on any atom is 0.0541 e. The van der Waals surface area contributed by atoms with Crippen molar-refractivity contribution >= 4 is 33.5 Å². The fourth-order valence-electron chi connectivity index (χ4n) is 7.39. The number of allylic oxidation sites excluding steroid dienone is 1. The van der Waals surface area contributed by atoms with Gasteiger partial charge in [0, 0.05) is 16.5 Å². The molecule has 0 radical (unpaired) electrons. The molecular formula is C51H37N. The van der Waals surface area contributed by atoms with Crippen molar-refractivity contribution < 1.29 is 0 Å². The quantitative estimate of drug-likeness (QED) is 0.143. The first-order valence-corrected chi connectivity index (χ1v) is 18.0. The van der Waals surface area contributed by atoms with Gasteiger partial charge in [0.2, 0.25) is 0 Å². The zero-order chi connectivity index (χ0) is 34.7. The average Bonchev–Trinajstić information content (AvgIpc) is 3.56. The zero-order valence-corrected chi connectivity index (χ0v) is 28.9. The van der Waals surface area contributed by atoms with Crippen LogP contribution in [0.3, 0.4) is 0 Å². The highest BCUT2D eigenvalue weighted by Crippen LogP contribution is 2.33. The lowest BCUT2D eigenvalue weighted by Gasteiger charge is -2.12. The molecule has 246 valence electrons. The van der Waals surface area contributed by atoms with Crippen molar-refractivity contribution in [2.45, 2.75) is 6.42 Å². The van der Waals surface area contributed by atoms with Gasteiger partial charge in [0.05, 0.1) is 11.0 Å². The Labute approximate surface area is 305 Å². The second-order valence-corrected chi connectivity index (χ2v) is 13.4. The second-order valence-electron chi connectivity index (χ2n) is 13.4. The first kappa shape index (κ1) is 31.3. The van der Waals surface area contributed by atoms with Crippen LogP contribution in [0.4, 0.5) is 0 Å². The monoisotopic (exact) mass is 663 g/mol. The van der Waals surface area contributed by atoms with Gasteiger partial charge in [-0.25, -0.2) is 0 Å². The third-order valence-electron chi connectivity index (χ3n) is 10.1. The van der Waals surface area contributed by atoms with Gasteiger partial charge in [0.25, 0.3) is 0 Å². The summed E-state index contributed by atoms with van der Waals surface area (Å²) >= 11 is 0. The van der Waals surface area contributed by atoms with Crippen LogP contribution in [0.1, 0.15) is 16.7 Å². The summed E-state index contributed by atoms with van der Waals surface area (Å²) in [6.45, 7) is 0. The predicted octanol–water partition coefficient (Wildman–Crippen LogP) is 13.6. The Morgan fingerprint density at radius 1 is 0.365 bits per heavy atom. The van der Waals surface area contributed by atoms with Gasteiger partial charge in [-0.15, -0.1) is 0 Å². The van der Waals surface area contributed by atoms with Crippen LogP contribution in [-0.4, -0.2) is 4.57 Å². The molecule has 0 spiro atoms. The zero-order valence-electron chi connectivity index (χ0n) is 28.9. The van der Waals surface area contributed by atoms with Crippen LogP contribution < -0.4 is 0 Å². The van der Waals surface area contributed by atoms with E-state index in [0.29, 0.717) is 0 Å². The molecular weight excluding hydrogens is 627 g/mol. The van der Waals surface area contributed by atoms with E-state index in [4.69, 9.17) is 0 Å². The number of aromatic nitrogens is 1. The lowest BCUT2D eigenvalue weighted by atomic mass is 9.93. The molecule has 0 aliphatic carbocycles. The molecule has 0 aliphatic heterocycles. The van der Waals surface area contributed by atoms with Crippen molar-refractivity contribution in [3.05, 3.63) is 223 Å². The van der Waals surface area contributed by atoms with E-state index in [0.717, 1.165) is 6.42 Å². The first-order valence-electron chi connectivity index (χ1n) is 18.0. The number of nitrogens with zero attached hydrogens (tertiary/aromatic N) is 1. The van der Waals surface area contributed by atoms with Crippen LogP contribution in [-0.2, 0) is 6.42 Å². The van der Waals surface area contributed by atoms with Crippen LogP contribution in [0.15, 0.2) is 206 Å². The fourth-order valence-corrected chi connectivity index (χ4v) is 7.39. The molecule has 1 aromatic heterocycles. The van der Waals surface area contributed by atoms with Crippen molar-refractivity contribution in [3.63, 3.8) is 0 Å². The molecule has 52 heavy (non-hydrogen) atoms. The van der Waals surface area contributed by atoms with E-state index in [-0.39, 0.29) is 0 Å². The number of hydrogen-bond acceptors (Lipinski definition) is 0. The normalized spacial score (nSPS) is 11.7. The van der Waals surface area contributed by atoms with Crippen molar-refractivity contribution in [1.82, 2.24) is 4.57 Å². The largest absolute Gasteiger partial charge is 0.309 e. The maximum atomic E-state index is 2.37. The number of rotatable bonds is 8. The lowest BCUT2D eigenvalue weighted by molar-refractivity contribution is 1.18. The summed E-state index contributed by atoms with van der Waals surface area (Å²) in [5.74, 6) is 0. The topological polar surface area (TPSA) is 4.93 Å². The Morgan fingerprint density at radius 3 is 1.29 bits per heavy atom. The average molecular weight is 664 g/mol. The molecule has 0 saturated carbocycles. The van der Waals surface area contributed by atoms with Crippen molar-refractivity contribution in [2.24, 2.45) is 0 Å². The minimum atomic E-state index is 0.831. The maximum absolute atomic E-state index is 2.37. The number of fused-ring (bicyclic) bond motifs is 3. The fraction of sp³-hybridized carbons (Fsp3) is 0.0196. The van der Waals surface area contributed by atoms with Gasteiger partial charge in [-0.3, -0.25) is 0 Å². The van der Waals surface area contributed by atoms with E-state index >= 15 is 0 Å². The van der Waals surface area contributed by atoms with Gasteiger partial charge in [-0.1, -0.05) is 188 Å². The predicted molar refractivity (Wildman–Crippen MR) is 222 cm³/mol. The standard InChI is InChI=1S/C51H37N/c1-3-11-39(12-4-1)41-23-19-37(20-24-41)35-46(45-29-27-43(28-30-45)40-13-5-2-6-14-40)36-38-21-25-42(26-22-38)44-31-33-47(34-32-44)52-50-17-9-7-15-48(50)49-16-8-10-18-51(49)52/h1-35H,36H2/b46-35-. The molecule has 9 aromatic rings. The summed E-state index contributed by atoms with van der Waals surface area (Å²) in [6, 6.07) is 74.4. The van der Waals surface area contributed by atoms with Gasteiger partial charge in [-0.05, 0) is 86.3 Å². The summed E-state index contributed by atoms with van der Waals surface area (Å²) in [5, 5.41) is 2.56. The Hall–Kier alpha value is -6.70.